The van der Waals surface area contributed by atoms with Crippen LogP contribution in [0.1, 0.15) is 26.3 Å². The van der Waals surface area contributed by atoms with Crippen molar-refractivity contribution >= 4 is 186 Å². The van der Waals surface area contributed by atoms with Crippen molar-refractivity contribution in [2.75, 3.05) is 9.80 Å². The highest BCUT2D eigenvalue weighted by molar-refractivity contribution is 7.27. The maximum absolute atomic E-state index is 6.78. The van der Waals surface area contributed by atoms with Crippen molar-refractivity contribution < 1.29 is 4.42 Å². The van der Waals surface area contributed by atoms with E-state index in [1.165, 1.54) is 106 Å². The van der Waals surface area contributed by atoms with Gasteiger partial charge >= 0.3 is 0 Å². The fourth-order valence-electron chi connectivity index (χ4n) is 19.8. The zero-order valence-electron chi connectivity index (χ0n) is 62.6. The van der Waals surface area contributed by atoms with E-state index in [1.54, 1.807) is 0 Å². The number of thiophene rings is 2. The van der Waals surface area contributed by atoms with Crippen molar-refractivity contribution in [3.05, 3.63) is 357 Å². The monoisotopic (exact) mass is 1490 g/mol. The molecule has 0 saturated heterocycles. The van der Waals surface area contributed by atoms with Gasteiger partial charge in [-0.25, -0.2) is 0 Å². The Labute approximate surface area is 666 Å². The van der Waals surface area contributed by atoms with E-state index in [4.69, 9.17) is 4.42 Å². The van der Waals surface area contributed by atoms with Crippen molar-refractivity contribution in [3.8, 4) is 78.1 Å². The number of benzene rings is 17. The molecule has 0 amide bonds. The van der Waals surface area contributed by atoms with E-state index in [9.17, 15) is 0 Å². The molecule has 0 saturated carbocycles. The predicted octanol–water partition coefficient (Wildman–Crippen LogP) is 28.2. The Bertz CT molecular complexity index is 7490. The lowest BCUT2D eigenvalue weighted by molar-refractivity contribution is 0.590. The molecule has 114 heavy (non-hydrogen) atoms. The summed E-state index contributed by atoms with van der Waals surface area (Å²) < 4.78 is 17.1. The largest absolute Gasteiger partial charge is 0.456 e. The maximum Gasteiger partial charge on any atom is 0.252 e. The summed E-state index contributed by atoms with van der Waals surface area (Å²) in [6, 6.07) is 134. The molecule has 0 atom stereocenters. The minimum Gasteiger partial charge on any atom is -0.456 e. The third kappa shape index (κ3) is 9.17. The van der Waals surface area contributed by atoms with Crippen LogP contribution in [0.15, 0.2) is 356 Å². The van der Waals surface area contributed by atoms with Crippen LogP contribution in [0.2, 0.25) is 0 Å². The average Bonchev–Trinajstić information content (AvgIpc) is 0.819. The predicted molar refractivity (Wildman–Crippen MR) is 487 cm³/mol. The Morgan fingerprint density at radius 1 is 0.281 bits per heavy atom. The summed E-state index contributed by atoms with van der Waals surface area (Å²) in [5, 5.41) is 12.2. The van der Waals surface area contributed by atoms with Gasteiger partial charge in [0.25, 0.3) is 6.71 Å². The number of hydrogen-bond acceptors (Lipinski definition) is 5. The molecule has 0 spiro atoms. The van der Waals surface area contributed by atoms with Crippen molar-refractivity contribution in [3.63, 3.8) is 0 Å². The molecule has 8 heteroatoms. The molecule has 25 rings (SSSR count). The number of aromatic nitrogens is 2. The van der Waals surface area contributed by atoms with Gasteiger partial charge in [-0.1, -0.05) is 276 Å². The minimum absolute atomic E-state index is 0.283. The van der Waals surface area contributed by atoms with Gasteiger partial charge in [0.15, 0.2) is 0 Å². The zero-order valence-corrected chi connectivity index (χ0v) is 64.2. The standard InChI is InChI=1S/C106H67BN4OS2/c1-106(2,3)70-58-93-99-94(59-70)111-92-61-72(109-90-39-15-11-31-78(90)82-47-49-84-80-33-13-17-41-98(80)114-105(84)103(82)109)45-51-88(92)107(99)87-50-44-71(108-89-38-14-10-30-77(89)81-46-48-83-79-32-12-16-40-97(79)113-104(83)102(81)108)60-91(87)110(93)100-73(62-22-6-4-7-23-62)34-20-36-75(100)68-28-18-26-64(54-68)66-42-52-95-85(56-66)86-57-67(43-53-96(86)112-95)65-27-19-29-69(55-65)76-37-21-35-74(101(76)111)63-24-8-5-9-25-63/h4-61H,1-3H3. The summed E-state index contributed by atoms with van der Waals surface area (Å²) in [6.45, 7) is 6.93. The van der Waals surface area contributed by atoms with E-state index in [1.807, 2.05) is 22.7 Å². The van der Waals surface area contributed by atoms with Gasteiger partial charge in [-0.2, -0.15) is 0 Å². The van der Waals surface area contributed by atoms with Crippen LogP contribution in [0.5, 0.6) is 0 Å². The number of para-hydroxylation sites is 4. The topological polar surface area (TPSA) is 29.5 Å². The van der Waals surface area contributed by atoms with Gasteiger partial charge in [-0.05, 0) is 169 Å². The summed E-state index contributed by atoms with van der Waals surface area (Å²) in [7, 11) is 0. The smallest absolute Gasteiger partial charge is 0.252 e. The Hall–Kier alpha value is -13.8. The quantitative estimate of drug-likeness (QED) is 0.165. The van der Waals surface area contributed by atoms with Gasteiger partial charge in [0.2, 0.25) is 0 Å². The molecule has 5 nitrogen and oxygen atoms in total. The molecule has 0 aliphatic carbocycles. The SMILES string of the molecule is CC(C)(C)c1cc2c3c(c1)N1c4cc(-n5c6ccccc6c6ccc7c8ccccc8sc7c65)ccc4B3c3ccc(-n4c5ccccc5c5ccc6c7ccccc7sc6c54)cc3N2c2c(-c3ccccc3)cccc2-c2cccc(c2)-c2ccc3oc4ccc(cc4c3c2)-c2cccc(c2)-c2cccc(-c3ccccc3)c21. The zero-order chi connectivity index (χ0) is 74.9. The maximum atomic E-state index is 6.78. The first-order chi connectivity index (χ1) is 56.2. The van der Waals surface area contributed by atoms with E-state index >= 15 is 0 Å². The van der Waals surface area contributed by atoms with Gasteiger partial charge in [-0.3, -0.25) is 0 Å². The number of nitrogens with zero attached hydrogens (tertiary/aromatic N) is 4. The van der Waals surface area contributed by atoms with E-state index < -0.39 is 0 Å². The number of hydrogen-bond donors (Lipinski definition) is 0. The Morgan fingerprint density at radius 2 is 0.667 bits per heavy atom. The van der Waals surface area contributed by atoms with E-state index in [0.29, 0.717) is 0 Å². The Kier molecular flexibility index (Phi) is 13.4. The lowest BCUT2D eigenvalue weighted by Crippen LogP contribution is -2.61. The first-order valence-corrected chi connectivity index (χ1v) is 41.1. The van der Waals surface area contributed by atoms with E-state index in [0.717, 1.165) is 134 Å². The van der Waals surface area contributed by atoms with Crippen LogP contribution >= 0.6 is 22.7 Å². The fraction of sp³-hybridized carbons (Fsp3) is 0.0377. The second-order valence-electron chi connectivity index (χ2n) is 32.2. The first kappa shape index (κ1) is 64.0. The van der Waals surface area contributed by atoms with Gasteiger partial charge < -0.3 is 23.4 Å². The van der Waals surface area contributed by atoms with E-state index in [-0.39, 0.29) is 12.1 Å². The Balaban J connectivity index is 0.866. The highest BCUT2D eigenvalue weighted by atomic mass is 32.1. The summed E-state index contributed by atoms with van der Waals surface area (Å²) in [4.78, 5) is 5.47. The summed E-state index contributed by atoms with van der Waals surface area (Å²) in [6.07, 6.45) is 0. The summed E-state index contributed by atoms with van der Waals surface area (Å²) in [5.74, 6) is 0. The lowest BCUT2D eigenvalue weighted by atomic mass is 9.33. The normalized spacial score (nSPS) is 13.0. The van der Waals surface area contributed by atoms with Crippen molar-refractivity contribution in [2.24, 2.45) is 0 Å². The van der Waals surface area contributed by atoms with Crippen molar-refractivity contribution in [1.82, 2.24) is 9.13 Å². The third-order valence-corrected chi connectivity index (χ3v) is 27.3. The molecule has 3 aliphatic heterocycles. The highest BCUT2D eigenvalue weighted by Gasteiger charge is 2.46. The van der Waals surface area contributed by atoms with Gasteiger partial charge in [0.05, 0.1) is 42.8 Å². The highest BCUT2D eigenvalue weighted by Crippen LogP contribution is 2.56. The number of fused-ring (bicyclic) bond motifs is 34. The van der Waals surface area contributed by atoms with Crippen LogP contribution in [0.25, 0.3) is 184 Å². The second kappa shape index (κ2) is 23.9. The molecule has 13 bridgehead atoms. The second-order valence-corrected chi connectivity index (χ2v) is 34.3. The molecular weight excluding hydrogens is 1420 g/mol. The van der Waals surface area contributed by atoms with Gasteiger partial charge in [-0.15, -0.1) is 22.7 Å². The van der Waals surface area contributed by atoms with Crippen LogP contribution in [0, 0.1) is 0 Å². The van der Waals surface area contributed by atoms with Gasteiger partial charge in [0, 0.05) is 120 Å². The molecule has 5 aromatic heterocycles. The molecule has 22 aromatic rings. The van der Waals surface area contributed by atoms with Gasteiger partial charge in [0.1, 0.15) is 11.2 Å². The number of anilines is 6. The van der Waals surface area contributed by atoms with E-state index in [2.05, 4.69) is 392 Å². The molecular formula is C106H67BN4OS2. The van der Waals surface area contributed by atoms with Crippen molar-refractivity contribution in [2.45, 2.75) is 26.2 Å². The molecule has 0 fully saturated rings. The lowest BCUT2D eigenvalue weighted by Gasteiger charge is -2.46. The van der Waals surface area contributed by atoms with Crippen LogP contribution in [0.4, 0.5) is 34.1 Å². The Morgan fingerprint density at radius 3 is 1.13 bits per heavy atom. The van der Waals surface area contributed by atoms with Crippen LogP contribution in [-0.4, -0.2) is 15.8 Å². The molecule has 0 unspecified atom stereocenters. The van der Waals surface area contributed by atoms with Crippen LogP contribution < -0.4 is 26.2 Å². The summed E-state index contributed by atoms with van der Waals surface area (Å²) in [5.41, 5.74) is 33.3. The number of furan rings is 1. The minimum atomic E-state index is -0.366. The molecule has 17 aromatic carbocycles. The molecule has 0 N–H and O–H groups in total. The average molecular weight is 1490 g/mol. The molecule has 0 radical (unpaired) electrons. The molecule has 8 heterocycles. The van der Waals surface area contributed by atoms with Crippen LogP contribution in [0.3, 0.4) is 0 Å². The number of rotatable bonds is 4. The molecule has 532 valence electrons. The fourth-order valence-corrected chi connectivity index (χ4v) is 22.2. The van der Waals surface area contributed by atoms with Crippen LogP contribution in [-0.2, 0) is 5.41 Å². The molecule has 3 aliphatic rings. The first-order valence-electron chi connectivity index (χ1n) is 39.5. The van der Waals surface area contributed by atoms with Crippen molar-refractivity contribution in [1.29, 1.82) is 0 Å². The third-order valence-electron chi connectivity index (χ3n) is 25.0. The summed E-state index contributed by atoms with van der Waals surface area (Å²) >= 11 is 3.80.